The van der Waals surface area contributed by atoms with Crippen LogP contribution in [0.15, 0.2) is 12.4 Å². The first kappa shape index (κ1) is 39.2. The van der Waals surface area contributed by atoms with E-state index in [9.17, 15) is 0 Å². The van der Waals surface area contributed by atoms with Gasteiger partial charge in [-0.05, 0) is 32.1 Å². The van der Waals surface area contributed by atoms with E-state index in [4.69, 9.17) is 0 Å². The Kier molecular flexibility index (Phi) is 29.5. The number of aromatic nitrogens is 2. The molecule has 0 N–H and O–H groups in total. The molecule has 0 atom stereocenters. The molecule has 0 aliphatic rings. The number of imidazole rings is 1. The van der Waals surface area contributed by atoms with Crippen LogP contribution in [0.3, 0.4) is 0 Å². The fraction of sp³-hybridized carbons (Fsp3) is 0.925. The molecule has 1 rings (SSSR count). The van der Waals surface area contributed by atoms with E-state index >= 15 is 0 Å². The van der Waals surface area contributed by atoms with Gasteiger partial charge in [-0.3, -0.25) is 0 Å². The first-order valence-corrected chi connectivity index (χ1v) is 19.9. The number of nitrogens with zero attached hydrogens (tertiary/aromatic N) is 2. The van der Waals surface area contributed by atoms with Gasteiger partial charge < -0.3 is 0 Å². The van der Waals surface area contributed by atoms with Gasteiger partial charge in [-0.2, -0.15) is 0 Å². The van der Waals surface area contributed by atoms with Crippen molar-refractivity contribution in [2.24, 2.45) is 0 Å². The molecule has 42 heavy (non-hydrogen) atoms. The van der Waals surface area contributed by atoms with Crippen LogP contribution in [-0.4, -0.2) is 4.57 Å². The van der Waals surface area contributed by atoms with Crippen molar-refractivity contribution in [1.29, 1.82) is 0 Å². The molecule has 0 saturated carbocycles. The van der Waals surface area contributed by atoms with Crippen LogP contribution in [-0.2, 0) is 19.5 Å². The molecule has 0 spiro atoms. The molecule has 0 aromatic carbocycles. The SMILES string of the molecule is CCCCCCCCCCCCCCCCCn1cc[n+](CCCCCCCCCCCCCCCCC)c1CCC. The predicted molar refractivity (Wildman–Crippen MR) is 188 cm³/mol. The smallest absolute Gasteiger partial charge is 0.234 e. The lowest BCUT2D eigenvalue weighted by Gasteiger charge is -2.06. The number of unbranched alkanes of at least 4 members (excludes halogenated alkanes) is 28. The second-order valence-corrected chi connectivity index (χ2v) is 13.8. The predicted octanol–water partition coefficient (Wildman–Crippen LogP) is 13.5. The zero-order chi connectivity index (χ0) is 30.2. The molecular formula is C40H79N2+. The van der Waals surface area contributed by atoms with Gasteiger partial charge in [-0.15, -0.1) is 0 Å². The first-order chi connectivity index (χ1) is 20.8. The molecule has 0 fully saturated rings. The lowest BCUT2D eigenvalue weighted by atomic mass is 10.0. The maximum Gasteiger partial charge on any atom is 0.256 e. The van der Waals surface area contributed by atoms with Crippen molar-refractivity contribution < 1.29 is 4.57 Å². The highest BCUT2D eigenvalue weighted by Crippen LogP contribution is 2.15. The largest absolute Gasteiger partial charge is 0.256 e. The van der Waals surface area contributed by atoms with E-state index in [2.05, 4.69) is 42.3 Å². The zero-order valence-electron chi connectivity index (χ0n) is 29.6. The minimum absolute atomic E-state index is 1.22. The van der Waals surface area contributed by atoms with Crippen LogP contribution < -0.4 is 4.57 Å². The van der Waals surface area contributed by atoms with Crippen molar-refractivity contribution in [3.05, 3.63) is 18.2 Å². The van der Waals surface area contributed by atoms with Gasteiger partial charge in [0, 0.05) is 6.42 Å². The van der Waals surface area contributed by atoms with E-state index in [1.165, 1.54) is 219 Å². The highest BCUT2D eigenvalue weighted by atomic mass is 15.1. The van der Waals surface area contributed by atoms with Gasteiger partial charge in [0.15, 0.2) is 0 Å². The summed E-state index contributed by atoms with van der Waals surface area (Å²) in [6, 6.07) is 0. The summed E-state index contributed by atoms with van der Waals surface area (Å²) in [6.07, 6.45) is 50.5. The minimum Gasteiger partial charge on any atom is -0.234 e. The average molecular weight is 588 g/mol. The van der Waals surface area contributed by atoms with E-state index in [0.29, 0.717) is 0 Å². The minimum atomic E-state index is 1.22. The number of hydrogen-bond acceptors (Lipinski definition) is 0. The van der Waals surface area contributed by atoms with Crippen molar-refractivity contribution in [1.82, 2.24) is 4.57 Å². The second-order valence-electron chi connectivity index (χ2n) is 13.8. The molecule has 0 bridgehead atoms. The van der Waals surface area contributed by atoms with Crippen molar-refractivity contribution in [2.45, 2.75) is 239 Å². The van der Waals surface area contributed by atoms with E-state index in [-0.39, 0.29) is 0 Å². The highest BCUT2D eigenvalue weighted by molar-refractivity contribution is 4.84. The Labute approximate surface area is 266 Å². The van der Waals surface area contributed by atoms with Gasteiger partial charge in [-0.1, -0.05) is 188 Å². The van der Waals surface area contributed by atoms with Crippen LogP contribution in [0.4, 0.5) is 0 Å². The standard InChI is InChI=1S/C40H79N2/c1-4-7-9-11-13-15-17-19-21-23-25-27-29-31-33-36-41-38-39-42(40(41)35-6-3)37-34-32-30-28-26-24-22-20-18-16-14-12-10-8-5-2/h38-39H,4-37H2,1-3H3/q+1. The van der Waals surface area contributed by atoms with Crippen LogP contribution in [0.5, 0.6) is 0 Å². The maximum atomic E-state index is 2.58. The summed E-state index contributed by atoms with van der Waals surface area (Å²) in [4.78, 5) is 0. The third kappa shape index (κ3) is 23.6. The van der Waals surface area contributed by atoms with Gasteiger partial charge in [0.25, 0.3) is 5.82 Å². The summed E-state index contributed by atoms with van der Waals surface area (Å²) in [5, 5.41) is 0. The Bertz CT molecular complexity index is 597. The van der Waals surface area contributed by atoms with Crippen molar-refractivity contribution >= 4 is 0 Å². The average Bonchev–Trinajstić information content (AvgIpc) is 3.38. The number of aryl methyl sites for hydroxylation is 2. The van der Waals surface area contributed by atoms with Crippen LogP contribution in [0.2, 0.25) is 0 Å². The molecule has 1 aromatic rings. The van der Waals surface area contributed by atoms with E-state index in [1.807, 2.05) is 0 Å². The van der Waals surface area contributed by atoms with Crippen LogP contribution in [0.1, 0.15) is 226 Å². The highest BCUT2D eigenvalue weighted by Gasteiger charge is 2.15. The molecule has 0 radical (unpaired) electrons. The summed E-state index contributed by atoms with van der Waals surface area (Å²) in [5.41, 5.74) is 0. The maximum absolute atomic E-state index is 2.58. The Morgan fingerprint density at radius 1 is 0.405 bits per heavy atom. The third-order valence-corrected chi connectivity index (χ3v) is 9.57. The first-order valence-electron chi connectivity index (χ1n) is 19.9. The normalized spacial score (nSPS) is 11.6. The molecule has 248 valence electrons. The zero-order valence-corrected chi connectivity index (χ0v) is 29.6. The number of rotatable bonds is 34. The van der Waals surface area contributed by atoms with Crippen LogP contribution >= 0.6 is 0 Å². The van der Waals surface area contributed by atoms with E-state index in [1.54, 1.807) is 5.82 Å². The summed E-state index contributed by atoms with van der Waals surface area (Å²) in [7, 11) is 0. The van der Waals surface area contributed by atoms with Gasteiger partial charge in [0.1, 0.15) is 12.4 Å². The van der Waals surface area contributed by atoms with Crippen LogP contribution in [0, 0.1) is 0 Å². The molecular weight excluding hydrogens is 508 g/mol. The Morgan fingerprint density at radius 2 is 0.738 bits per heavy atom. The number of hydrogen-bond donors (Lipinski definition) is 0. The van der Waals surface area contributed by atoms with Gasteiger partial charge in [0.05, 0.1) is 13.1 Å². The summed E-state index contributed by atoms with van der Waals surface area (Å²) < 4.78 is 5.16. The van der Waals surface area contributed by atoms with Gasteiger partial charge in [0.2, 0.25) is 0 Å². The Hall–Kier alpha value is -0.790. The molecule has 0 unspecified atom stereocenters. The molecule has 0 aliphatic heterocycles. The molecule has 2 nitrogen and oxygen atoms in total. The molecule has 1 heterocycles. The van der Waals surface area contributed by atoms with E-state index in [0.717, 1.165) is 0 Å². The van der Waals surface area contributed by atoms with Crippen molar-refractivity contribution in [2.75, 3.05) is 0 Å². The summed E-state index contributed by atoms with van der Waals surface area (Å²) >= 11 is 0. The topological polar surface area (TPSA) is 8.81 Å². The third-order valence-electron chi connectivity index (χ3n) is 9.57. The van der Waals surface area contributed by atoms with Crippen LogP contribution in [0.25, 0.3) is 0 Å². The molecule has 1 aromatic heterocycles. The fourth-order valence-electron chi connectivity index (χ4n) is 6.72. The molecule has 0 aliphatic carbocycles. The Balaban J connectivity index is 1.99. The van der Waals surface area contributed by atoms with Crippen molar-refractivity contribution in [3.63, 3.8) is 0 Å². The second kappa shape index (κ2) is 31.6. The lowest BCUT2D eigenvalue weighted by molar-refractivity contribution is -0.704. The van der Waals surface area contributed by atoms with Gasteiger partial charge >= 0.3 is 0 Å². The molecule has 0 saturated heterocycles. The fourth-order valence-corrected chi connectivity index (χ4v) is 6.72. The van der Waals surface area contributed by atoms with E-state index < -0.39 is 0 Å². The van der Waals surface area contributed by atoms with Gasteiger partial charge in [-0.25, -0.2) is 9.13 Å². The quantitative estimate of drug-likeness (QED) is 0.0560. The summed E-state index contributed by atoms with van der Waals surface area (Å²) in [5.74, 6) is 1.58. The monoisotopic (exact) mass is 588 g/mol. The summed E-state index contributed by atoms with van der Waals surface area (Å²) in [6.45, 7) is 9.40. The molecule has 2 heteroatoms. The lowest BCUT2D eigenvalue weighted by Crippen LogP contribution is -2.37. The molecule has 0 amide bonds. The Morgan fingerprint density at radius 3 is 1.10 bits per heavy atom. The van der Waals surface area contributed by atoms with Crippen molar-refractivity contribution in [3.8, 4) is 0 Å².